The van der Waals surface area contributed by atoms with E-state index in [0.717, 1.165) is 41.5 Å². The van der Waals surface area contributed by atoms with Crippen LogP contribution in [0.5, 0.6) is 0 Å². The highest BCUT2D eigenvalue weighted by Gasteiger charge is 2.21. The first kappa shape index (κ1) is 19.4. The zero-order valence-electron chi connectivity index (χ0n) is 13.0. The fourth-order valence-electron chi connectivity index (χ4n) is 2.70. The lowest BCUT2D eigenvalue weighted by Crippen LogP contribution is -2.42. The molecule has 130 valence electrons. The van der Waals surface area contributed by atoms with E-state index in [1.54, 1.807) is 12.1 Å². The summed E-state index contributed by atoms with van der Waals surface area (Å²) in [6, 6.07) is 15.0. The number of halogens is 2. The molecule has 0 radical (unpaired) electrons. The Morgan fingerprint density at radius 1 is 0.917 bits per heavy atom. The predicted molar refractivity (Wildman–Crippen MR) is 103 cm³/mol. The zero-order valence-corrected chi connectivity index (χ0v) is 16.3. The average Bonchev–Trinajstić information content (AvgIpc) is 2.56. The van der Waals surface area contributed by atoms with Crippen LogP contribution in [0.4, 0.5) is 0 Å². The monoisotopic (exact) mass is 430 g/mol. The predicted octanol–water partition coefficient (Wildman–Crippen LogP) is 3.57. The molecule has 0 spiro atoms. The van der Waals surface area contributed by atoms with Crippen LogP contribution in [0.1, 0.15) is 12.8 Å². The van der Waals surface area contributed by atoms with Crippen LogP contribution in [0, 0.1) is 0 Å². The van der Waals surface area contributed by atoms with Gasteiger partial charge in [0.15, 0.2) is 0 Å². The molecule has 0 aromatic heterocycles. The van der Waals surface area contributed by atoms with Crippen molar-refractivity contribution < 1.29 is 8.42 Å². The molecule has 1 saturated heterocycles. The van der Waals surface area contributed by atoms with Crippen molar-refractivity contribution in [3.05, 3.63) is 53.0 Å². The van der Waals surface area contributed by atoms with Gasteiger partial charge in [0.1, 0.15) is 0 Å². The molecule has 1 heterocycles. The first-order valence-corrected chi connectivity index (χ1v) is 9.91. The Balaban J connectivity index is 0.00000208. The second kappa shape index (κ2) is 8.45. The largest absolute Gasteiger partial charge is 0.317 e. The molecule has 0 amide bonds. The fraction of sp³-hybridized carbons (Fsp3) is 0.294. The molecule has 1 aliphatic heterocycles. The standard InChI is InChI=1S/C17H19BrN2O2S.ClH/c18-15-5-1-13(2-6-15)14-3-7-17(8-4-14)23(21,22)20-16-9-11-19-12-10-16;/h1-8,16,19-20H,9-12H2;1H. The van der Waals surface area contributed by atoms with Gasteiger partial charge in [0, 0.05) is 10.5 Å². The minimum absolute atomic E-state index is 0. The smallest absolute Gasteiger partial charge is 0.240 e. The maximum absolute atomic E-state index is 12.5. The number of hydrogen-bond donors (Lipinski definition) is 2. The Hall–Kier alpha value is -0.920. The van der Waals surface area contributed by atoms with Gasteiger partial charge in [-0.15, -0.1) is 12.4 Å². The SMILES string of the molecule is Cl.O=S(=O)(NC1CCNCC1)c1ccc(-c2ccc(Br)cc2)cc1. The van der Waals surface area contributed by atoms with Crippen LogP contribution in [0.25, 0.3) is 11.1 Å². The first-order valence-electron chi connectivity index (χ1n) is 7.64. The van der Waals surface area contributed by atoms with Crippen LogP contribution in [0.3, 0.4) is 0 Å². The van der Waals surface area contributed by atoms with Crippen molar-refractivity contribution in [1.82, 2.24) is 10.0 Å². The van der Waals surface area contributed by atoms with E-state index in [0.29, 0.717) is 4.90 Å². The molecule has 0 unspecified atom stereocenters. The normalized spacial score (nSPS) is 15.7. The van der Waals surface area contributed by atoms with Crippen molar-refractivity contribution in [3.8, 4) is 11.1 Å². The summed E-state index contributed by atoms with van der Waals surface area (Å²) < 4.78 is 28.7. The topological polar surface area (TPSA) is 58.2 Å². The molecule has 1 fully saturated rings. The second-order valence-corrected chi connectivity index (χ2v) is 8.31. The molecular weight excluding hydrogens is 412 g/mol. The summed E-state index contributed by atoms with van der Waals surface area (Å²) in [5.74, 6) is 0. The summed E-state index contributed by atoms with van der Waals surface area (Å²) in [5.41, 5.74) is 2.06. The van der Waals surface area contributed by atoms with Gasteiger partial charge >= 0.3 is 0 Å². The number of nitrogens with one attached hydrogen (secondary N) is 2. The average molecular weight is 432 g/mol. The Bertz CT molecular complexity index is 758. The third-order valence-corrected chi connectivity index (χ3v) is 6.07. The van der Waals surface area contributed by atoms with Crippen LogP contribution >= 0.6 is 28.3 Å². The maximum Gasteiger partial charge on any atom is 0.240 e. The van der Waals surface area contributed by atoms with Crippen LogP contribution < -0.4 is 10.0 Å². The van der Waals surface area contributed by atoms with Crippen molar-refractivity contribution in [2.24, 2.45) is 0 Å². The van der Waals surface area contributed by atoms with Crippen molar-refractivity contribution in [2.45, 2.75) is 23.8 Å². The molecule has 0 bridgehead atoms. The molecule has 0 saturated carbocycles. The first-order chi connectivity index (χ1) is 11.0. The lowest BCUT2D eigenvalue weighted by atomic mass is 10.1. The molecule has 3 rings (SSSR count). The summed E-state index contributed by atoms with van der Waals surface area (Å²) in [6.45, 7) is 1.71. The summed E-state index contributed by atoms with van der Waals surface area (Å²) in [7, 11) is -3.45. The van der Waals surface area contributed by atoms with Crippen molar-refractivity contribution in [3.63, 3.8) is 0 Å². The minimum Gasteiger partial charge on any atom is -0.317 e. The van der Waals surface area contributed by atoms with Gasteiger partial charge in [-0.1, -0.05) is 40.2 Å². The van der Waals surface area contributed by atoms with Gasteiger partial charge in [-0.3, -0.25) is 0 Å². The van der Waals surface area contributed by atoms with E-state index >= 15 is 0 Å². The molecular formula is C17H20BrClN2O2S. The Labute approximate surface area is 157 Å². The van der Waals surface area contributed by atoms with Gasteiger partial charge in [-0.05, 0) is 61.3 Å². The number of rotatable bonds is 4. The molecule has 1 aliphatic rings. The van der Waals surface area contributed by atoms with Crippen LogP contribution in [-0.4, -0.2) is 27.5 Å². The van der Waals surface area contributed by atoms with Crippen LogP contribution in [0.2, 0.25) is 0 Å². The lowest BCUT2D eigenvalue weighted by molar-refractivity contribution is 0.427. The van der Waals surface area contributed by atoms with Crippen molar-refractivity contribution in [2.75, 3.05) is 13.1 Å². The maximum atomic E-state index is 12.5. The second-order valence-electron chi connectivity index (χ2n) is 5.68. The van der Waals surface area contributed by atoms with E-state index in [-0.39, 0.29) is 18.4 Å². The highest BCUT2D eigenvalue weighted by molar-refractivity contribution is 9.10. The van der Waals surface area contributed by atoms with Gasteiger partial charge in [0.05, 0.1) is 4.90 Å². The van der Waals surface area contributed by atoms with Gasteiger partial charge in [-0.25, -0.2) is 13.1 Å². The van der Waals surface area contributed by atoms with E-state index in [1.807, 2.05) is 36.4 Å². The summed E-state index contributed by atoms with van der Waals surface area (Å²) in [6.07, 6.45) is 1.66. The van der Waals surface area contributed by atoms with Crippen LogP contribution in [-0.2, 0) is 10.0 Å². The number of benzene rings is 2. The van der Waals surface area contributed by atoms with Crippen molar-refractivity contribution >= 4 is 38.4 Å². The molecule has 0 atom stereocenters. The minimum atomic E-state index is -3.45. The quantitative estimate of drug-likeness (QED) is 0.778. The molecule has 24 heavy (non-hydrogen) atoms. The number of sulfonamides is 1. The zero-order chi connectivity index (χ0) is 16.3. The van der Waals surface area contributed by atoms with E-state index < -0.39 is 10.0 Å². The molecule has 0 aliphatic carbocycles. The number of piperidine rings is 1. The Morgan fingerprint density at radius 2 is 1.42 bits per heavy atom. The highest BCUT2D eigenvalue weighted by atomic mass is 79.9. The third-order valence-electron chi connectivity index (χ3n) is 4.00. The Morgan fingerprint density at radius 3 is 1.96 bits per heavy atom. The molecule has 4 nitrogen and oxygen atoms in total. The summed E-state index contributed by atoms with van der Waals surface area (Å²) in [5, 5.41) is 3.23. The van der Waals surface area contributed by atoms with E-state index in [4.69, 9.17) is 0 Å². The van der Waals surface area contributed by atoms with Gasteiger partial charge in [0.2, 0.25) is 10.0 Å². The molecule has 7 heteroatoms. The molecule has 2 aromatic carbocycles. The van der Waals surface area contributed by atoms with Crippen LogP contribution in [0.15, 0.2) is 57.9 Å². The summed E-state index contributed by atoms with van der Waals surface area (Å²) >= 11 is 3.41. The highest BCUT2D eigenvalue weighted by Crippen LogP contribution is 2.23. The van der Waals surface area contributed by atoms with Crippen molar-refractivity contribution in [1.29, 1.82) is 0 Å². The number of hydrogen-bond acceptors (Lipinski definition) is 3. The van der Waals surface area contributed by atoms with E-state index in [9.17, 15) is 8.42 Å². The van der Waals surface area contributed by atoms with Gasteiger partial charge in [0.25, 0.3) is 0 Å². The third kappa shape index (κ3) is 4.80. The van der Waals surface area contributed by atoms with Gasteiger partial charge in [-0.2, -0.15) is 0 Å². The fourth-order valence-corrected chi connectivity index (χ4v) is 4.27. The Kier molecular flexibility index (Phi) is 6.83. The lowest BCUT2D eigenvalue weighted by Gasteiger charge is -2.23. The summed E-state index contributed by atoms with van der Waals surface area (Å²) in [4.78, 5) is 0.317. The molecule has 2 N–H and O–H groups in total. The molecule has 2 aromatic rings. The van der Waals surface area contributed by atoms with Gasteiger partial charge < -0.3 is 5.32 Å². The van der Waals surface area contributed by atoms with E-state index in [2.05, 4.69) is 26.0 Å². The van der Waals surface area contributed by atoms with E-state index in [1.165, 1.54) is 0 Å².